The molecule has 1 fully saturated rings. The molecule has 18 heavy (non-hydrogen) atoms. The van der Waals surface area contributed by atoms with Gasteiger partial charge in [0.15, 0.2) is 0 Å². The quantitative estimate of drug-likeness (QED) is 0.830. The zero-order valence-corrected chi connectivity index (χ0v) is 12.1. The van der Waals surface area contributed by atoms with Crippen LogP contribution in [0.1, 0.15) is 13.3 Å². The molecule has 6 nitrogen and oxygen atoms in total. The van der Waals surface area contributed by atoms with Crippen molar-refractivity contribution in [3.8, 4) is 0 Å². The van der Waals surface area contributed by atoms with Crippen LogP contribution in [-0.4, -0.2) is 37.3 Å². The first-order valence-corrected chi connectivity index (χ1v) is 7.19. The van der Waals surface area contributed by atoms with E-state index in [1.54, 1.807) is 7.05 Å². The summed E-state index contributed by atoms with van der Waals surface area (Å²) in [7, 11) is -1.75. The minimum atomic E-state index is -3.45. The summed E-state index contributed by atoms with van der Waals surface area (Å²) in [6.45, 7) is 3.70. The van der Waals surface area contributed by atoms with Crippen LogP contribution in [0, 0.1) is 5.92 Å². The fourth-order valence-electron chi connectivity index (χ4n) is 1.95. The number of sulfonamides is 1. The maximum absolute atomic E-state index is 12.1. The van der Waals surface area contributed by atoms with E-state index in [2.05, 4.69) is 22.1 Å². The van der Waals surface area contributed by atoms with Gasteiger partial charge in [-0.3, -0.25) is 4.68 Å². The summed E-state index contributed by atoms with van der Waals surface area (Å²) < 4.78 is 28.3. The monoisotopic (exact) mass is 294 g/mol. The van der Waals surface area contributed by atoms with E-state index in [9.17, 15) is 8.42 Å². The lowest BCUT2D eigenvalue weighted by Gasteiger charge is -2.29. The molecule has 0 aromatic carbocycles. The molecule has 2 N–H and O–H groups in total. The van der Waals surface area contributed by atoms with E-state index in [1.165, 1.54) is 17.1 Å². The van der Waals surface area contributed by atoms with Gasteiger partial charge in [-0.25, -0.2) is 13.1 Å². The Bertz CT molecular complexity index is 488. The van der Waals surface area contributed by atoms with Crippen LogP contribution in [0.4, 0.5) is 0 Å². The summed E-state index contributed by atoms with van der Waals surface area (Å²) in [6, 6.07) is -0.0473. The first kappa shape index (κ1) is 15.4. The molecular weight excluding hydrogens is 276 g/mol. The Labute approximate surface area is 114 Å². The van der Waals surface area contributed by atoms with Crippen LogP contribution in [0.25, 0.3) is 0 Å². The number of halogens is 1. The fraction of sp³-hybridized carbons (Fsp3) is 0.700. The number of rotatable bonds is 3. The maximum atomic E-state index is 12.1. The van der Waals surface area contributed by atoms with Gasteiger partial charge < -0.3 is 5.32 Å². The van der Waals surface area contributed by atoms with Crippen molar-refractivity contribution in [3.63, 3.8) is 0 Å². The third-order valence-corrected chi connectivity index (χ3v) is 4.57. The third kappa shape index (κ3) is 3.44. The second-order valence-electron chi connectivity index (χ2n) is 4.55. The molecule has 0 amide bonds. The van der Waals surface area contributed by atoms with Gasteiger partial charge in [-0.15, -0.1) is 12.4 Å². The van der Waals surface area contributed by atoms with Gasteiger partial charge in [-0.1, -0.05) is 6.92 Å². The highest BCUT2D eigenvalue weighted by molar-refractivity contribution is 7.89. The summed E-state index contributed by atoms with van der Waals surface area (Å²) in [6.07, 6.45) is 3.85. The van der Waals surface area contributed by atoms with E-state index < -0.39 is 10.0 Å². The first-order chi connectivity index (χ1) is 7.99. The molecule has 1 aliphatic heterocycles. The SMILES string of the molecule is CC1CCNCC1NS(=O)(=O)c1cnn(C)c1.Cl. The van der Waals surface area contributed by atoms with Gasteiger partial charge in [0.2, 0.25) is 10.0 Å². The molecule has 0 spiro atoms. The molecule has 1 aromatic heterocycles. The summed E-state index contributed by atoms with van der Waals surface area (Å²) in [5.41, 5.74) is 0. The van der Waals surface area contributed by atoms with Crippen molar-refractivity contribution in [2.24, 2.45) is 13.0 Å². The van der Waals surface area contributed by atoms with Gasteiger partial charge >= 0.3 is 0 Å². The second kappa shape index (κ2) is 6.01. The van der Waals surface area contributed by atoms with E-state index in [4.69, 9.17) is 0 Å². The lowest BCUT2D eigenvalue weighted by atomic mass is 9.96. The van der Waals surface area contributed by atoms with Crippen molar-refractivity contribution in [2.45, 2.75) is 24.3 Å². The fourth-order valence-corrected chi connectivity index (χ4v) is 3.28. The van der Waals surface area contributed by atoms with Gasteiger partial charge in [-0.2, -0.15) is 5.10 Å². The molecule has 104 valence electrons. The minimum Gasteiger partial charge on any atom is -0.315 e. The number of aryl methyl sites for hydroxylation is 1. The van der Waals surface area contributed by atoms with Gasteiger partial charge in [0.1, 0.15) is 4.90 Å². The Balaban J connectivity index is 0.00000162. The average Bonchev–Trinajstić information content (AvgIpc) is 2.69. The zero-order chi connectivity index (χ0) is 12.5. The smallest absolute Gasteiger partial charge is 0.243 e. The van der Waals surface area contributed by atoms with Crippen LogP contribution in [0.2, 0.25) is 0 Å². The molecule has 1 saturated heterocycles. The highest BCUT2D eigenvalue weighted by Crippen LogP contribution is 2.15. The maximum Gasteiger partial charge on any atom is 0.243 e. The summed E-state index contributed by atoms with van der Waals surface area (Å²) in [4.78, 5) is 0.220. The topological polar surface area (TPSA) is 76.0 Å². The molecule has 8 heteroatoms. The highest BCUT2D eigenvalue weighted by Gasteiger charge is 2.27. The highest BCUT2D eigenvalue weighted by atomic mass is 35.5. The van der Waals surface area contributed by atoms with Crippen molar-refractivity contribution in [3.05, 3.63) is 12.4 Å². The Morgan fingerprint density at radius 2 is 2.28 bits per heavy atom. The molecule has 0 saturated carbocycles. The summed E-state index contributed by atoms with van der Waals surface area (Å²) in [5, 5.41) is 7.07. The van der Waals surface area contributed by atoms with Crippen LogP contribution >= 0.6 is 12.4 Å². The number of aromatic nitrogens is 2. The van der Waals surface area contributed by atoms with E-state index >= 15 is 0 Å². The Hall–Kier alpha value is -0.630. The van der Waals surface area contributed by atoms with Gasteiger partial charge in [-0.05, 0) is 18.9 Å². The predicted molar refractivity (Wildman–Crippen MR) is 71.2 cm³/mol. The summed E-state index contributed by atoms with van der Waals surface area (Å²) >= 11 is 0. The Morgan fingerprint density at radius 1 is 1.56 bits per heavy atom. The normalized spacial score (nSPS) is 24.6. The van der Waals surface area contributed by atoms with Crippen molar-refractivity contribution in [1.82, 2.24) is 19.8 Å². The number of hydrogen-bond acceptors (Lipinski definition) is 4. The molecular formula is C10H19ClN4O2S. The largest absolute Gasteiger partial charge is 0.315 e. The molecule has 1 aromatic rings. The molecule has 2 heterocycles. The van der Waals surface area contributed by atoms with E-state index in [-0.39, 0.29) is 23.3 Å². The predicted octanol–water partition coefficient (Wildman–Crippen LogP) is 0.118. The number of hydrogen-bond donors (Lipinski definition) is 2. The first-order valence-electron chi connectivity index (χ1n) is 5.71. The molecule has 2 rings (SSSR count). The van der Waals surface area contributed by atoms with Crippen LogP contribution in [0.15, 0.2) is 17.3 Å². The van der Waals surface area contributed by atoms with Gasteiger partial charge in [0.05, 0.1) is 6.20 Å². The van der Waals surface area contributed by atoms with E-state index in [1.807, 2.05) is 0 Å². The third-order valence-electron chi connectivity index (χ3n) is 3.13. The van der Waals surface area contributed by atoms with Crippen molar-refractivity contribution in [2.75, 3.05) is 13.1 Å². The van der Waals surface area contributed by atoms with E-state index in [0.29, 0.717) is 12.5 Å². The van der Waals surface area contributed by atoms with Gasteiger partial charge in [0, 0.05) is 25.8 Å². The molecule has 1 aliphatic rings. The van der Waals surface area contributed by atoms with E-state index in [0.717, 1.165) is 13.0 Å². The lowest BCUT2D eigenvalue weighted by molar-refractivity contribution is 0.327. The number of nitrogens with zero attached hydrogens (tertiary/aromatic N) is 2. The average molecular weight is 295 g/mol. The van der Waals surface area contributed by atoms with Crippen LogP contribution in [-0.2, 0) is 17.1 Å². The standard InChI is InChI=1S/C10H18N4O2S.ClH/c1-8-3-4-11-6-10(8)13-17(15,16)9-5-12-14(2)7-9;/h5,7-8,10-11,13H,3-4,6H2,1-2H3;1H. The number of piperidine rings is 1. The second-order valence-corrected chi connectivity index (χ2v) is 6.26. The van der Waals surface area contributed by atoms with Crippen LogP contribution in [0.5, 0.6) is 0 Å². The minimum absolute atomic E-state index is 0. The molecule has 2 unspecified atom stereocenters. The molecule has 0 radical (unpaired) electrons. The molecule has 0 bridgehead atoms. The van der Waals surface area contributed by atoms with Crippen molar-refractivity contribution < 1.29 is 8.42 Å². The zero-order valence-electron chi connectivity index (χ0n) is 10.5. The van der Waals surface area contributed by atoms with Gasteiger partial charge in [0.25, 0.3) is 0 Å². The number of nitrogens with one attached hydrogen (secondary N) is 2. The molecule has 0 aliphatic carbocycles. The molecule has 2 atom stereocenters. The van der Waals surface area contributed by atoms with Crippen molar-refractivity contribution >= 4 is 22.4 Å². The summed E-state index contributed by atoms with van der Waals surface area (Å²) in [5.74, 6) is 0.350. The van der Waals surface area contributed by atoms with Crippen molar-refractivity contribution in [1.29, 1.82) is 0 Å². The van der Waals surface area contributed by atoms with Crippen LogP contribution in [0.3, 0.4) is 0 Å². The van der Waals surface area contributed by atoms with Crippen LogP contribution < -0.4 is 10.0 Å². The lowest BCUT2D eigenvalue weighted by Crippen LogP contribution is -2.50. The Morgan fingerprint density at radius 3 is 2.83 bits per heavy atom. The Kier molecular flexibility index (Phi) is 5.15.